The van der Waals surface area contributed by atoms with Crippen molar-refractivity contribution in [1.82, 2.24) is 4.90 Å². The minimum atomic E-state index is -0.259. The number of hydrogen-bond acceptors (Lipinski definition) is 3. The van der Waals surface area contributed by atoms with Crippen molar-refractivity contribution >= 4 is 11.8 Å². The first kappa shape index (κ1) is 15.2. The average molecular weight is 357 g/mol. The van der Waals surface area contributed by atoms with E-state index >= 15 is 0 Å². The molecule has 1 aliphatic heterocycles. The molecule has 4 aliphatic carbocycles. The Hall–Kier alpha value is -2.88. The maximum Gasteiger partial charge on any atom is 0.234 e. The van der Waals surface area contributed by atoms with E-state index in [0.717, 1.165) is 0 Å². The summed E-state index contributed by atoms with van der Waals surface area (Å²) in [6, 6.07) is 12.0. The molecular weight excluding hydrogens is 338 g/mol. The Labute approximate surface area is 157 Å². The highest BCUT2D eigenvalue weighted by atomic mass is 16.3. The molecule has 1 saturated heterocycles. The summed E-state index contributed by atoms with van der Waals surface area (Å²) in [5.41, 5.74) is 2.51. The monoisotopic (exact) mass is 357 g/mol. The lowest BCUT2D eigenvalue weighted by molar-refractivity contribution is -0.141. The van der Waals surface area contributed by atoms with Crippen LogP contribution in [-0.4, -0.2) is 16.7 Å². The second-order valence-corrected chi connectivity index (χ2v) is 8.00. The molecule has 7 rings (SSSR count). The fourth-order valence-electron chi connectivity index (χ4n) is 6.00. The molecule has 0 N–H and O–H groups in total. The molecule has 2 aromatic rings. The van der Waals surface area contributed by atoms with Crippen molar-refractivity contribution in [3.05, 3.63) is 83.9 Å². The number of amides is 2. The number of benzene rings is 1. The Balaban J connectivity index is 1.49. The first-order valence-corrected chi connectivity index (χ1v) is 9.57. The van der Waals surface area contributed by atoms with Crippen LogP contribution in [0.25, 0.3) is 0 Å². The molecule has 2 amide bonds. The highest BCUT2D eigenvalue weighted by Crippen LogP contribution is 2.64. The summed E-state index contributed by atoms with van der Waals surface area (Å²) >= 11 is 0. The number of furan rings is 1. The number of allylic oxidation sites excluding steroid dienone is 4. The molecule has 4 nitrogen and oxygen atoms in total. The zero-order valence-corrected chi connectivity index (χ0v) is 14.7. The van der Waals surface area contributed by atoms with Crippen molar-refractivity contribution < 1.29 is 14.0 Å². The van der Waals surface area contributed by atoms with Gasteiger partial charge in [0.15, 0.2) is 0 Å². The summed E-state index contributed by atoms with van der Waals surface area (Å²) in [6.07, 6.45) is 10.2. The van der Waals surface area contributed by atoms with E-state index in [4.69, 9.17) is 4.42 Å². The molecule has 1 aromatic carbocycles. The molecule has 0 spiro atoms. The number of hydrogen-bond donors (Lipinski definition) is 0. The fraction of sp³-hybridized carbons (Fsp3) is 0.304. The lowest BCUT2D eigenvalue weighted by Gasteiger charge is -2.53. The third-order valence-electron chi connectivity index (χ3n) is 6.92. The van der Waals surface area contributed by atoms with E-state index < -0.39 is 0 Å². The predicted octanol–water partition coefficient (Wildman–Crippen LogP) is 3.63. The number of nitrogens with zero attached hydrogens (tertiary/aromatic N) is 1. The van der Waals surface area contributed by atoms with Gasteiger partial charge in [-0.3, -0.25) is 14.5 Å². The number of rotatable bonds is 2. The van der Waals surface area contributed by atoms with E-state index in [0.29, 0.717) is 5.76 Å². The maximum absolute atomic E-state index is 13.4. The molecule has 1 saturated carbocycles. The predicted molar refractivity (Wildman–Crippen MR) is 98.4 cm³/mol. The number of likely N-dealkylation sites (tertiary alicyclic amines) is 1. The Morgan fingerprint density at radius 2 is 1.37 bits per heavy atom. The molecule has 2 bridgehead atoms. The number of carbonyl (C=O) groups is 2. The summed E-state index contributed by atoms with van der Waals surface area (Å²) < 4.78 is 5.40. The standard InChI is InChI=1S/C23H19NO3/c25-22-20-18-14-7-1-2-8-15(14)19(17-10-4-3-9-16(17)18)21(20)23(26)24(22)12-13-6-5-11-27-13/h1-11,14-15,18-21H,12H2/t14-,15+,18-,19-,20-,21+/m0/s1. The van der Waals surface area contributed by atoms with Crippen molar-refractivity contribution in [1.29, 1.82) is 0 Å². The van der Waals surface area contributed by atoms with E-state index in [1.165, 1.54) is 16.0 Å². The van der Waals surface area contributed by atoms with Gasteiger partial charge in [-0.05, 0) is 35.1 Å². The van der Waals surface area contributed by atoms with Crippen molar-refractivity contribution in [3.63, 3.8) is 0 Å². The fourth-order valence-corrected chi connectivity index (χ4v) is 6.00. The highest BCUT2D eigenvalue weighted by Gasteiger charge is 2.64. The molecule has 0 unspecified atom stereocenters. The second kappa shape index (κ2) is 5.32. The molecule has 5 aliphatic rings. The van der Waals surface area contributed by atoms with Crippen LogP contribution in [0.15, 0.2) is 71.4 Å². The van der Waals surface area contributed by atoms with Crippen LogP contribution in [0.4, 0.5) is 0 Å². The Bertz CT molecular complexity index is 939. The van der Waals surface area contributed by atoms with Gasteiger partial charge in [-0.25, -0.2) is 0 Å². The third kappa shape index (κ3) is 1.88. The average Bonchev–Trinajstić information content (AvgIpc) is 3.31. The van der Waals surface area contributed by atoms with Crippen LogP contribution in [0.3, 0.4) is 0 Å². The van der Waals surface area contributed by atoms with Crippen LogP contribution in [0.1, 0.15) is 28.7 Å². The van der Waals surface area contributed by atoms with Crippen molar-refractivity contribution in [3.8, 4) is 0 Å². The van der Waals surface area contributed by atoms with Gasteiger partial charge < -0.3 is 4.42 Å². The molecule has 4 heteroatoms. The zero-order valence-electron chi connectivity index (χ0n) is 14.7. The zero-order chi connectivity index (χ0) is 18.1. The van der Waals surface area contributed by atoms with Gasteiger partial charge >= 0.3 is 0 Å². The van der Waals surface area contributed by atoms with Gasteiger partial charge in [0.2, 0.25) is 11.8 Å². The SMILES string of the molecule is O=C1[C@@H]2[C@H](C(=O)N1Cc1ccco1)[C@@H]1c3ccccc3[C@@H]2[C@H]2C=CC=C[C@H]21. The summed E-state index contributed by atoms with van der Waals surface area (Å²) in [5, 5.41) is 0. The molecule has 1 aromatic heterocycles. The van der Waals surface area contributed by atoms with Crippen LogP contribution in [0, 0.1) is 23.7 Å². The highest BCUT2D eigenvalue weighted by molar-refractivity contribution is 6.06. The van der Waals surface area contributed by atoms with Gasteiger partial charge in [-0.1, -0.05) is 48.6 Å². The third-order valence-corrected chi connectivity index (χ3v) is 6.92. The molecule has 27 heavy (non-hydrogen) atoms. The van der Waals surface area contributed by atoms with E-state index in [1.54, 1.807) is 12.3 Å². The molecule has 0 radical (unpaired) electrons. The molecule has 2 fully saturated rings. The smallest absolute Gasteiger partial charge is 0.234 e. The van der Waals surface area contributed by atoms with Gasteiger partial charge in [-0.2, -0.15) is 0 Å². The van der Waals surface area contributed by atoms with Gasteiger partial charge in [0, 0.05) is 11.8 Å². The van der Waals surface area contributed by atoms with E-state index in [2.05, 4.69) is 36.4 Å². The van der Waals surface area contributed by atoms with Crippen LogP contribution in [0.2, 0.25) is 0 Å². The minimum absolute atomic E-state index is 0.0349. The quantitative estimate of drug-likeness (QED) is 0.771. The van der Waals surface area contributed by atoms with Gasteiger partial charge in [0.05, 0.1) is 24.6 Å². The largest absolute Gasteiger partial charge is 0.467 e. The second-order valence-electron chi connectivity index (χ2n) is 8.00. The Kier molecular flexibility index (Phi) is 2.99. The first-order chi connectivity index (χ1) is 13.3. The topological polar surface area (TPSA) is 50.5 Å². The summed E-state index contributed by atoms with van der Waals surface area (Å²) in [4.78, 5) is 28.2. The van der Waals surface area contributed by atoms with Crippen molar-refractivity contribution in [2.24, 2.45) is 23.7 Å². The molecule has 134 valence electrons. The Morgan fingerprint density at radius 1 is 0.778 bits per heavy atom. The van der Waals surface area contributed by atoms with E-state index in [9.17, 15) is 9.59 Å². The number of imide groups is 1. The van der Waals surface area contributed by atoms with Crippen LogP contribution < -0.4 is 0 Å². The normalized spacial score (nSPS) is 35.3. The lowest BCUT2D eigenvalue weighted by atomic mass is 9.48. The van der Waals surface area contributed by atoms with Crippen LogP contribution in [-0.2, 0) is 16.1 Å². The van der Waals surface area contributed by atoms with Crippen molar-refractivity contribution in [2.75, 3.05) is 0 Å². The summed E-state index contributed by atoms with van der Waals surface area (Å²) in [7, 11) is 0. The Morgan fingerprint density at radius 3 is 1.89 bits per heavy atom. The van der Waals surface area contributed by atoms with Crippen LogP contribution >= 0.6 is 0 Å². The van der Waals surface area contributed by atoms with Gasteiger partial charge in [-0.15, -0.1) is 0 Å². The van der Waals surface area contributed by atoms with Gasteiger partial charge in [0.25, 0.3) is 0 Å². The van der Waals surface area contributed by atoms with Crippen LogP contribution in [0.5, 0.6) is 0 Å². The molecule has 2 heterocycles. The summed E-state index contributed by atoms with van der Waals surface area (Å²) in [5.74, 6) is 0.778. The number of carbonyl (C=O) groups excluding carboxylic acids is 2. The van der Waals surface area contributed by atoms with E-state index in [-0.39, 0.29) is 53.9 Å². The minimum Gasteiger partial charge on any atom is -0.467 e. The maximum atomic E-state index is 13.4. The molecule has 6 atom stereocenters. The summed E-state index contributed by atoms with van der Waals surface area (Å²) in [6.45, 7) is 0.231. The van der Waals surface area contributed by atoms with E-state index in [1.807, 2.05) is 18.2 Å². The first-order valence-electron chi connectivity index (χ1n) is 9.57. The lowest BCUT2D eigenvalue weighted by Crippen LogP contribution is -2.49. The molecular formula is C23H19NO3. The van der Waals surface area contributed by atoms with Crippen molar-refractivity contribution in [2.45, 2.75) is 18.4 Å². The van der Waals surface area contributed by atoms with Gasteiger partial charge in [0.1, 0.15) is 5.76 Å².